The molecule has 8 nitrogen and oxygen atoms in total. The van der Waals surface area contributed by atoms with E-state index < -0.39 is 0 Å². The number of aryl methyl sites for hydroxylation is 1. The zero-order valence-corrected chi connectivity index (χ0v) is 16.5. The molecule has 154 valence electrons. The Morgan fingerprint density at radius 1 is 1.29 bits per heavy atom. The van der Waals surface area contributed by atoms with Gasteiger partial charge in [-0.1, -0.05) is 0 Å². The molecule has 2 amide bonds. The lowest BCUT2D eigenvalue weighted by Gasteiger charge is -2.48. The van der Waals surface area contributed by atoms with Gasteiger partial charge in [-0.15, -0.1) is 0 Å². The second-order valence-electron chi connectivity index (χ2n) is 8.36. The van der Waals surface area contributed by atoms with Gasteiger partial charge in [-0.05, 0) is 31.1 Å². The molecule has 8 heteroatoms. The molecule has 1 N–H and O–H groups in total. The van der Waals surface area contributed by atoms with Gasteiger partial charge in [-0.2, -0.15) is 0 Å². The largest absolute Gasteiger partial charge is 0.366 e. The Balaban J connectivity index is 1.27. The summed E-state index contributed by atoms with van der Waals surface area (Å²) in [5.74, 6) is 0.391. The van der Waals surface area contributed by atoms with Crippen LogP contribution in [0.4, 0.5) is 0 Å². The monoisotopic (exact) mass is 389 g/mol. The number of hydrogen-bond acceptors (Lipinski definition) is 5. The lowest BCUT2D eigenvalue weighted by atomic mass is 9.72. The minimum absolute atomic E-state index is 0.117. The van der Waals surface area contributed by atoms with Crippen LogP contribution in [0.15, 0.2) is 18.7 Å². The summed E-state index contributed by atoms with van der Waals surface area (Å²) in [6, 6.07) is 0. The second kappa shape index (κ2) is 8.61. The number of nitrogens with zero attached hydrogens (tertiary/aromatic N) is 4. The van der Waals surface area contributed by atoms with Crippen LogP contribution in [0.2, 0.25) is 0 Å². The number of aromatic nitrogens is 2. The van der Waals surface area contributed by atoms with Crippen molar-refractivity contribution in [2.75, 3.05) is 45.9 Å². The van der Waals surface area contributed by atoms with Crippen molar-refractivity contribution >= 4 is 11.8 Å². The van der Waals surface area contributed by atoms with E-state index in [1.165, 1.54) is 0 Å². The first kappa shape index (κ1) is 19.4. The lowest BCUT2D eigenvalue weighted by Crippen LogP contribution is -2.55. The van der Waals surface area contributed by atoms with E-state index in [2.05, 4.69) is 14.9 Å². The third-order valence-electron chi connectivity index (χ3n) is 6.49. The highest BCUT2D eigenvalue weighted by Gasteiger charge is 2.42. The number of carbonyl (C=O) groups excluding carboxylic acids is 2. The Morgan fingerprint density at radius 3 is 2.86 bits per heavy atom. The van der Waals surface area contributed by atoms with Gasteiger partial charge in [0.1, 0.15) is 6.10 Å². The summed E-state index contributed by atoms with van der Waals surface area (Å²) in [6.45, 7) is 6.09. The van der Waals surface area contributed by atoms with Crippen molar-refractivity contribution in [1.82, 2.24) is 24.7 Å². The minimum Gasteiger partial charge on any atom is -0.366 e. The molecule has 0 aromatic carbocycles. The molecule has 1 unspecified atom stereocenters. The molecular formula is C20H31N5O3. The number of carbonyl (C=O) groups is 2. The number of rotatable bonds is 5. The van der Waals surface area contributed by atoms with Crippen LogP contribution in [-0.2, 0) is 20.9 Å². The van der Waals surface area contributed by atoms with Crippen molar-refractivity contribution in [3.8, 4) is 0 Å². The number of likely N-dealkylation sites (tertiary alicyclic amines) is 2. The van der Waals surface area contributed by atoms with E-state index in [1.807, 2.05) is 22.3 Å². The lowest BCUT2D eigenvalue weighted by molar-refractivity contribution is -0.150. The van der Waals surface area contributed by atoms with E-state index in [1.54, 1.807) is 6.20 Å². The summed E-state index contributed by atoms with van der Waals surface area (Å²) in [7, 11) is 0. The topological polar surface area (TPSA) is 79.7 Å². The Hall–Kier alpha value is -1.93. The Morgan fingerprint density at radius 2 is 2.14 bits per heavy atom. The first-order chi connectivity index (χ1) is 13.7. The molecule has 1 aromatic heterocycles. The number of imidazole rings is 1. The third kappa shape index (κ3) is 4.38. The first-order valence-corrected chi connectivity index (χ1v) is 10.5. The van der Waals surface area contributed by atoms with Gasteiger partial charge in [0.15, 0.2) is 0 Å². The van der Waals surface area contributed by atoms with Gasteiger partial charge < -0.3 is 24.4 Å². The van der Waals surface area contributed by atoms with Crippen LogP contribution < -0.4 is 5.32 Å². The van der Waals surface area contributed by atoms with Crippen LogP contribution in [-0.4, -0.2) is 83.1 Å². The maximum absolute atomic E-state index is 12.7. The van der Waals surface area contributed by atoms with E-state index in [4.69, 9.17) is 4.74 Å². The molecule has 1 aromatic rings. The fourth-order valence-corrected chi connectivity index (χ4v) is 4.71. The number of amides is 2. The van der Waals surface area contributed by atoms with Crippen LogP contribution in [0.25, 0.3) is 0 Å². The molecule has 3 aliphatic rings. The van der Waals surface area contributed by atoms with Gasteiger partial charge >= 0.3 is 0 Å². The number of piperidine rings is 2. The number of morpholine rings is 1. The van der Waals surface area contributed by atoms with E-state index in [-0.39, 0.29) is 23.3 Å². The summed E-state index contributed by atoms with van der Waals surface area (Å²) in [4.78, 5) is 33.2. The molecule has 0 saturated carbocycles. The van der Waals surface area contributed by atoms with Gasteiger partial charge in [0.25, 0.3) is 5.91 Å². The molecule has 1 atom stereocenters. The number of hydrogen-bond donors (Lipinski definition) is 1. The Bertz CT molecular complexity index is 663. The maximum atomic E-state index is 12.7. The van der Waals surface area contributed by atoms with Gasteiger partial charge in [0, 0.05) is 64.6 Å². The molecule has 3 aliphatic heterocycles. The summed E-state index contributed by atoms with van der Waals surface area (Å²) >= 11 is 0. The molecule has 3 saturated heterocycles. The van der Waals surface area contributed by atoms with Gasteiger partial charge in [0.05, 0.1) is 12.9 Å². The maximum Gasteiger partial charge on any atom is 0.253 e. The van der Waals surface area contributed by atoms with Crippen LogP contribution in [0.3, 0.4) is 0 Å². The fourth-order valence-electron chi connectivity index (χ4n) is 4.71. The summed E-state index contributed by atoms with van der Waals surface area (Å²) in [6.07, 6.45) is 9.70. The first-order valence-electron chi connectivity index (χ1n) is 10.5. The molecule has 1 spiro atoms. The molecular weight excluding hydrogens is 358 g/mol. The van der Waals surface area contributed by atoms with E-state index in [9.17, 15) is 9.59 Å². The minimum atomic E-state index is -0.338. The van der Waals surface area contributed by atoms with Crippen molar-refractivity contribution in [3.63, 3.8) is 0 Å². The molecule has 28 heavy (non-hydrogen) atoms. The Labute approximate surface area is 166 Å². The average Bonchev–Trinajstić information content (AvgIpc) is 3.25. The zero-order chi connectivity index (χ0) is 19.4. The number of nitrogens with one attached hydrogen (secondary N) is 1. The fraction of sp³-hybridized carbons (Fsp3) is 0.750. The molecule has 4 rings (SSSR count). The molecule has 0 radical (unpaired) electrons. The predicted octanol–water partition coefficient (Wildman–Crippen LogP) is 0.493. The highest BCUT2D eigenvalue weighted by atomic mass is 16.5. The van der Waals surface area contributed by atoms with Gasteiger partial charge in [-0.3, -0.25) is 9.59 Å². The molecule has 3 fully saturated rings. The van der Waals surface area contributed by atoms with E-state index in [0.29, 0.717) is 19.6 Å². The molecule has 4 heterocycles. The predicted molar refractivity (Wildman–Crippen MR) is 104 cm³/mol. The van der Waals surface area contributed by atoms with Crippen molar-refractivity contribution < 1.29 is 14.3 Å². The van der Waals surface area contributed by atoms with E-state index >= 15 is 0 Å². The quantitative estimate of drug-likeness (QED) is 0.793. The normalized spacial score (nSPS) is 25.3. The standard InChI is InChI=1S/C20H31N5O3/c26-18-2-3-20(15-25(18)9-1-8-23-12-6-22-16-23)4-10-24(11-5-20)19(27)17-14-21-7-13-28-17/h6,12,16-17,21H,1-5,7-11,13-15H2. The third-order valence-corrected chi connectivity index (χ3v) is 6.49. The summed E-state index contributed by atoms with van der Waals surface area (Å²) < 4.78 is 7.68. The molecule has 0 bridgehead atoms. The van der Waals surface area contributed by atoms with Crippen molar-refractivity contribution in [1.29, 1.82) is 0 Å². The summed E-state index contributed by atoms with van der Waals surface area (Å²) in [5, 5.41) is 3.23. The van der Waals surface area contributed by atoms with Crippen LogP contribution in [0, 0.1) is 5.41 Å². The zero-order valence-electron chi connectivity index (χ0n) is 16.5. The highest BCUT2D eigenvalue weighted by Crippen LogP contribution is 2.40. The SMILES string of the molecule is O=C1CCC2(CCN(C(=O)C3CNCCO3)CC2)CN1CCCn1ccnc1. The van der Waals surface area contributed by atoms with Crippen LogP contribution >= 0.6 is 0 Å². The average molecular weight is 390 g/mol. The van der Waals surface area contributed by atoms with Crippen LogP contribution in [0.5, 0.6) is 0 Å². The number of ether oxygens (including phenoxy) is 1. The Kier molecular flexibility index (Phi) is 5.96. The van der Waals surface area contributed by atoms with Crippen molar-refractivity contribution in [3.05, 3.63) is 18.7 Å². The van der Waals surface area contributed by atoms with Gasteiger partial charge in [0.2, 0.25) is 5.91 Å². The highest BCUT2D eigenvalue weighted by molar-refractivity contribution is 5.81. The smallest absolute Gasteiger partial charge is 0.253 e. The van der Waals surface area contributed by atoms with Gasteiger partial charge in [-0.25, -0.2) is 4.98 Å². The van der Waals surface area contributed by atoms with Crippen molar-refractivity contribution in [2.45, 2.75) is 44.8 Å². The second-order valence-corrected chi connectivity index (χ2v) is 8.36. The van der Waals surface area contributed by atoms with Crippen LogP contribution in [0.1, 0.15) is 32.1 Å². The van der Waals surface area contributed by atoms with Crippen molar-refractivity contribution in [2.24, 2.45) is 5.41 Å². The van der Waals surface area contributed by atoms with E-state index in [0.717, 1.165) is 65.0 Å². The summed E-state index contributed by atoms with van der Waals surface area (Å²) in [5.41, 5.74) is 0.172. The molecule has 0 aliphatic carbocycles.